The van der Waals surface area contributed by atoms with Crippen LogP contribution < -0.4 is 11.1 Å². The second-order valence-electron chi connectivity index (χ2n) is 5.68. The summed E-state index contributed by atoms with van der Waals surface area (Å²) in [6, 6.07) is 8.59. The van der Waals surface area contributed by atoms with Gasteiger partial charge in [0.15, 0.2) is 0 Å². The molecule has 0 spiro atoms. The topological polar surface area (TPSA) is 58.4 Å². The maximum Gasteiger partial charge on any atom is 0.317 e. The molecule has 1 aromatic rings. The Morgan fingerprint density at radius 2 is 2.16 bits per heavy atom. The molecule has 3 N–H and O–H groups in total. The van der Waals surface area contributed by atoms with Gasteiger partial charge in [-0.3, -0.25) is 0 Å². The van der Waals surface area contributed by atoms with Crippen molar-refractivity contribution in [2.45, 2.75) is 37.6 Å². The third-order valence-corrected chi connectivity index (χ3v) is 4.00. The van der Waals surface area contributed by atoms with Gasteiger partial charge in [-0.15, -0.1) is 0 Å². The van der Waals surface area contributed by atoms with E-state index in [0.29, 0.717) is 12.0 Å². The molecule has 4 heteroatoms. The quantitative estimate of drug-likeness (QED) is 0.801. The van der Waals surface area contributed by atoms with Gasteiger partial charge in [0.25, 0.3) is 0 Å². The summed E-state index contributed by atoms with van der Waals surface area (Å²) in [7, 11) is 0. The molecular formula is C15H21N3O. The van der Waals surface area contributed by atoms with Crippen LogP contribution >= 0.6 is 0 Å². The van der Waals surface area contributed by atoms with Gasteiger partial charge < -0.3 is 16.0 Å². The number of benzene rings is 1. The molecule has 1 aliphatic carbocycles. The number of anilines is 1. The number of hydrogen-bond donors (Lipinski definition) is 2. The van der Waals surface area contributed by atoms with Crippen molar-refractivity contribution in [3.8, 4) is 0 Å². The highest BCUT2D eigenvalue weighted by atomic mass is 16.2. The summed E-state index contributed by atoms with van der Waals surface area (Å²) in [5.41, 5.74) is 7.90. The number of rotatable bonds is 2. The fourth-order valence-electron chi connectivity index (χ4n) is 2.74. The lowest BCUT2D eigenvalue weighted by Crippen LogP contribution is -2.45. The van der Waals surface area contributed by atoms with Crippen LogP contribution in [-0.4, -0.2) is 30.1 Å². The molecule has 2 aliphatic rings. The summed E-state index contributed by atoms with van der Waals surface area (Å²) in [6.45, 7) is 1.68. The van der Waals surface area contributed by atoms with E-state index in [0.717, 1.165) is 44.5 Å². The molecule has 4 nitrogen and oxygen atoms in total. The number of nitrogens with one attached hydrogen (secondary N) is 1. The molecule has 1 saturated heterocycles. The molecule has 1 aliphatic heterocycles. The van der Waals surface area contributed by atoms with Gasteiger partial charge in [0.05, 0.1) is 0 Å². The molecule has 2 amide bonds. The van der Waals surface area contributed by atoms with E-state index in [1.165, 1.54) is 5.56 Å². The van der Waals surface area contributed by atoms with Crippen molar-refractivity contribution < 1.29 is 4.79 Å². The molecule has 19 heavy (non-hydrogen) atoms. The largest absolute Gasteiger partial charge is 0.399 e. The predicted molar refractivity (Wildman–Crippen MR) is 76.0 cm³/mol. The number of nitrogens with two attached hydrogens (primary N) is 1. The van der Waals surface area contributed by atoms with E-state index in [-0.39, 0.29) is 6.03 Å². The number of amides is 2. The van der Waals surface area contributed by atoms with Gasteiger partial charge in [-0.05, 0) is 43.4 Å². The normalized spacial score (nSPS) is 23.2. The first kappa shape index (κ1) is 12.3. The van der Waals surface area contributed by atoms with Gasteiger partial charge >= 0.3 is 6.03 Å². The van der Waals surface area contributed by atoms with Crippen LogP contribution in [0.25, 0.3) is 0 Å². The third-order valence-electron chi connectivity index (χ3n) is 4.00. The summed E-state index contributed by atoms with van der Waals surface area (Å²) >= 11 is 0. The maximum atomic E-state index is 12.1. The summed E-state index contributed by atoms with van der Waals surface area (Å²) in [6.07, 6.45) is 4.48. The number of hydrogen-bond acceptors (Lipinski definition) is 2. The third kappa shape index (κ3) is 3.00. The van der Waals surface area contributed by atoms with Crippen LogP contribution in [0.5, 0.6) is 0 Å². The number of likely N-dealkylation sites (tertiary alicyclic amines) is 1. The lowest BCUT2D eigenvalue weighted by atomic mass is 9.90. The van der Waals surface area contributed by atoms with Crippen molar-refractivity contribution in [2.24, 2.45) is 0 Å². The van der Waals surface area contributed by atoms with E-state index in [4.69, 9.17) is 5.73 Å². The molecule has 2 fully saturated rings. The molecule has 0 bridgehead atoms. The van der Waals surface area contributed by atoms with Crippen molar-refractivity contribution in [3.05, 3.63) is 29.8 Å². The molecule has 1 atom stereocenters. The molecule has 1 saturated carbocycles. The lowest BCUT2D eigenvalue weighted by Gasteiger charge is -2.33. The van der Waals surface area contributed by atoms with Crippen molar-refractivity contribution >= 4 is 11.7 Å². The highest BCUT2D eigenvalue weighted by molar-refractivity contribution is 5.75. The van der Waals surface area contributed by atoms with Gasteiger partial charge in [0.2, 0.25) is 0 Å². The number of carbonyl (C=O) groups is 1. The van der Waals surface area contributed by atoms with Crippen molar-refractivity contribution in [1.82, 2.24) is 10.2 Å². The first-order chi connectivity index (χ1) is 9.22. The minimum Gasteiger partial charge on any atom is -0.399 e. The van der Waals surface area contributed by atoms with Gasteiger partial charge in [0, 0.05) is 30.7 Å². The average molecular weight is 259 g/mol. The first-order valence-corrected chi connectivity index (χ1v) is 7.13. The Morgan fingerprint density at radius 1 is 1.32 bits per heavy atom. The Hall–Kier alpha value is -1.71. The van der Waals surface area contributed by atoms with Crippen LogP contribution in [0.3, 0.4) is 0 Å². The molecule has 3 rings (SSSR count). The van der Waals surface area contributed by atoms with E-state index in [2.05, 4.69) is 11.4 Å². The average Bonchev–Trinajstić information content (AvgIpc) is 3.23. The Morgan fingerprint density at radius 3 is 2.89 bits per heavy atom. The van der Waals surface area contributed by atoms with E-state index < -0.39 is 0 Å². The van der Waals surface area contributed by atoms with Crippen LogP contribution in [0.2, 0.25) is 0 Å². The van der Waals surface area contributed by atoms with E-state index >= 15 is 0 Å². The number of nitrogen functional groups attached to an aromatic ring is 1. The SMILES string of the molecule is Nc1cccc(C2CCCN(C(=O)NC3CC3)C2)c1. The standard InChI is InChI=1S/C15H21N3O/c16-13-5-1-3-11(9-13)12-4-2-8-18(10-12)15(19)17-14-6-7-14/h1,3,5,9,12,14H,2,4,6-8,10,16H2,(H,17,19). The number of urea groups is 1. The second-order valence-corrected chi connectivity index (χ2v) is 5.68. The summed E-state index contributed by atoms with van der Waals surface area (Å²) < 4.78 is 0. The van der Waals surface area contributed by atoms with Gasteiger partial charge in [-0.25, -0.2) is 4.79 Å². The zero-order valence-electron chi connectivity index (χ0n) is 11.1. The number of carbonyl (C=O) groups excluding carboxylic acids is 1. The minimum atomic E-state index is 0.108. The van der Waals surface area contributed by atoms with Crippen LogP contribution in [-0.2, 0) is 0 Å². The summed E-state index contributed by atoms with van der Waals surface area (Å²) in [5, 5.41) is 3.07. The highest BCUT2D eigenvalue weighted by Gasteiger charge is 2.29. The molecule has 1 unspecified atom stereocenters. The molecule has 1 heterocycles. The summed E-state index contributed by atoms with van der Waals surface area (Å²) in [5.74, 6) is 0.419. The summed E-state index contributed by atoms with van der Waals surface area (Å²) in [4.78, 5) is 14.0. The van der Waals surface area contributed by atoms with Gasteiger partial charge in [0.1, 0.15) is 0 Å². The van der Waals surface area contributed by atoms with Crippen LogP contribution in [0.4, 0.5) is 10.5 Å². The van der Waals surface area contributed by atoms with Crippen LogP contribution in [0.1, 0.15) is 37.2 Å². The monoisotopic (exact) mass is 259 g/mol. The molecule has 0 radical (unpaired) electrons. The Labute approximate surface area is 114 Å². The van der Waals surface area contributed by atoms with Crippen LogP contribution in [0, 0.1) is 0 Å². The Bertz CT molecular complexity index is 470. The van der Waals surface area contributed by atoms with Crippen molar-refractivity contribution in [3.63, 3.8) is 0 Å². The minimum absolute atomic E-state index is 0.108. The highest BCUT2D eigenvalue weighted by Crippen LogP contribution is 2.28. The van der Waals surface area contributed by atoms with Crippen molar-refractivity contribution in [1.29, 1.82) is 0 Å². The van der Waals surface area contributed by atoms with Gasteiger partial charge in [-0.1, -0.05) is 12.1 Å². The maximum absolute atomic E-state index is 12.1. The Balaban J connectivity index is 1.65. The smallest absolute Gasteiger partial charge is 0.317 e. The lowest BCUT2D eigenvalue weighted by molar-refractivity contribution is 0.179. The van der Waals surface area contributed by atoms with Crippen LogP contribution in [0.15, 0.2) is 24.3 Å². The predicted octanol–water partition coefficient (Wildman–Crippen LogP) is 2.32. The fourth-order valence-corrected chi connectivity index (χ4v) is 2.74. The Kier molecular flexibility index (Phi) is 3.32. The number of nitrogens with zero attached hydrogens (tertiary/aromatic N) is 1. The van der Waals surface area contributed by atoms with E-state index in [1.807, 2.05) is 23.1 Å². The first-order valence-electron chi connectivity index (χ1n) is 7.13. The zero-order chi connectivity index (χ0) is 13.2. The second kappa shape index (κ2) is 5.11. The fraction of sp³-hybridized carbons (Fsp3) is 0.533. The van der Waals surface area contributed by atoms with E-state index in [9.17, 15) is 4.79 Å². The van der Waals surface area contributed by atoms with Gasteiger partial charge in [-0.2, -0.15) is 0 Å². The molecule has 0 aromatic heterocycles. The molecule has 102 valence electrons. The van der Waals surface area contributed by atoms with Crippen molar-refractivity contribution in [2.75, 3.05) is 18.8 Å². The molecular weight excluding hydrogens is 238 g/mol. The zero-order valence-corrected chi connectivity index (χ0v) is 11.1. The molecule has 1 aromatic carbocycles. The number of piperidine rings is 1. The van der Waals surface area contributed by atoms with E-state index in [1.54, 1.807) is 0 Å².